The van der Waals surface area contributed by atoms with Gasteiger partial charge in [0.1, 0.15) is 0 Å². The molecule has 2 heterocycles. The van der Waals surface area contributed by atoms with E-state index in [2.05, 4.69) is 10.1 Å². The van der Waals surface area contributed by atoms with Crippen LogP contribution in [-0.2, 0) is 7.05 Å². The van der Waals surface area contributed by atoms with Crippen LogP contribution in [0.5, 0.6) is 0 Å². The van der Waals surface area contributed by atoms with Gasteiger partial charge in [0.2, 0.25) is 0 Å². The summed E-state index contributed by atoms with van der Waals surface area (Å²) in [6.07, 6.45) is 1.79. The Kier molecular flexibility index (Phi) is 4.12. The second-order valence-corrected chi connectivity index (χ2v) is 7.07. The summed E-state index contributed by atoms with van der Waals surface area (Å²) in [6.45, 7) is 5.99. The van der Waals surface area contributed by atoms with Crippen molar-refractivity contribution in [3.63, 3.8) is 0 Å². The molecule has 0 fully saturated rings. The van der Waals surface area contributed by atoms with Crippen molar-refractivity contribution in [2.75, 3.05) is 0 Å². The molecule has 0 aliphatic rings. The summed E-state index contributed by atoms with van der Waals surface area (Å²) >= 11 is 7.65. The number of benzene rings is 1. The summed E-state index contributed by atoms with van der Waals surface area (Å²) in [5, 5.41) is 4.98. The predicted molar refractivity (Wildman–Crippen MR) is 93.0 cm³/mol. The Bertz CT molecular complexity index is 964. The number of aromatic nitrogens is 3. The zero-order valence-electron chi connectivity index (χ0n) is 13.4. The molecule has 0 atom stereocenters. The number of nitrogens with zero attached hydrogens (tertiary/aromatic N) is 4. The van der Waals surface area contributed by atoms with E-state index in [-0.39, 0.29) is 11.9 Å². The highest BCUT2D eigenvalue weighted by Gasteiger charge is 2.12. The smallest absolute Gasteiger partial charge is 0.300 e. The maximum Gasteiger partial charge on any atom is 0.300 e. The fourth-order valence-corrected chi connectivity index (χ4v) is 3.62. The standard InChI is InChI=1S/C16H17ClN4OS/c1-9(2)21-8-7-12(19-21)15(22)18-16-20(4)14-10(3)11(17)5-6-13(14)23-16/h5-9H,1-4H3. The molecule has 0 radical (unpaired) electrons. The summed E-state index contributed by atoms with van der Waals surface area (Å²) < 4.78 is 4.70. The first kappa shape index (κ1) is 16.0. The fourth-order valence-electron chi connectivity index (χ4n) is 2.39. The molecular formula is C16H17ClN4OS. The lowest BCUT2D eigenvalue weighted by Gasteiger charge is -2.02. The van der Waals surface area contributed by atoms with Crippen LogP contribution in [0.2, 0.25) is 5.02 Å². The minimum atomic E-state index is -0.338. The van der Waals surface area contributed by atoms with Gasteiger partial charge >= 0.3 is 0 Å². The number of carbonyl (C=O) groups is 1. The number of thiazole rings is 1. The van der Waals surface area contributed by atoms with Crippen molar-refractivity contribution in [3.8, 4) is 0 Å². The molecule has 0 aliphatic heterocycles. The summed E-state index contributed by atoms with van der Waals surface area (Å²) in [4.78, 5) is 17.2. The SMILES string of the molecule is Cc1c(Cl)ccc2sc(=NC(=O)c3ccn(C(C)C)n3)n(C)c12. The van der Waals surface area contributed by atoms with Crippen LogP contribution in [0.3, 0.4) is 0 Å². The van der Waals surface area contributed by atoms with Crippen LogP contribution in [0.15, 0.2) is 29.4 Å². The Morgan fingerprint density at radius 3 is 2.74 bits per heavy atom. The molecule has 1 aromatic carbocycles. The van der Waals surface area contributed by atoms with Gasteiger partial charge in [-0.25, -0.2) is 0 Å². The Balaban J connectivity index is 2.08. The molecule has 0 spiro atoms. The molecule has 0 N–H and O–H groups in total. The minimum absolute atomic E-state index is 0.210. The molecule has 0 bridgehead atoms. The van der Waals surface area contributed by atoms with Gasteiger partial charge < -0.3 is 4.57 Å². The van der Waals surface area contributed by atoms with E-state index in [0.717, 1.165) is 15.8 Å². The highest BCUT2D eigenvalue weighted by Crippen LogP contribution is 2.26. The molecular weight excluding hydrogens is 332 g/mol. The van der Waals surface area contributed by atoms with Crippen LogP contribution in [0, 0.1) is 6.92 Å². The molecule has 3 aromatic rings. The summed E-state index contributed by atoms with van der Waals surface area (Å²) in [6, 6.07) is 5.72. The Labute approximate surface area is 142 Å². The van der Waals surface area contributed by atoms with Crippen LogP contribution in [0.25, 0.3) is 10.2 Å². The molecule has 2 aromatic heterocycles. The Morgan fingerprint density at radius 2 is 2.09 bits per heavy atom. The van der Waals surface area contributed by atoms with E-state index >= 15 is 0 Å². The van der Waals surface area contributed by atoms with E-state index in [1.807, 2.05) is 44.5 Å². The minimum Gasteiger partial charge on any atom is -0.319 e. The van der Waals surface area contributed by atoms with Gasteiger partial charge in [-0.15, -0.1) is 0 Å². The van der Waals surface area contributed by atoms with Crippen LogP contribution in [-0.4, -0.2) is 20.3 Å². The quantitative estimate of drug-likeness (QED) is 0.708. The highest BCUT2D eigenvalue weighted by atomic mass is 35.5. The zero-order chi connectivity index (χ0) is 16.7. The number of rotatable bonds is 2. The van der Waals surface area contributed by atoms with Crippen molar-refractivity contribution in [2.24, 2.45) is 12.0 Å². The molecule has 0 aliphatic carbocycles. The van der Waals surface area contributed by atoms with Crippen LogP contribution < -0.4 is 4.80 Å². The summed E-state index contributed by atoms with van der Waals surface area (Å²) in [7, 11) is 1.89. The second-order valence-electron chi connectivity index (χ2n) is 5.65. The van der Waals surface area contributed by atoms with Crippen molar-refractivity contribution in [1.29, 1.82) is 0 Å². The predicted octanol–water partition coefficient (Wildman–Crippen LogP) is 3.72. The third kappa shape index (κ3) is 2.84. The first-order valence-electron chi connectivity index (χ1n) is 7.27. The van der Waals surface area contributed by atoms with Crippen molar-refractivity contribution in [1.82, 2.24) is 14.3 Å². The Morgan fingerprint density at radius 1 is 1.35 bits per heavy atom. The number of fused-ring (bicyclic) bond motifs is 1. The first-order valence-corrected chi connectivity index (χ1v) is 8.46. The normalized spacial score (nSPS) is 12.5. The van der Waals surface area contributed by atoms with E-state index in [0.29, 0.717) is 15.5 Å². The first-order chi connectivity index (χ1) is 10.9. The number of aryl methyl sites for hydroxylation is 2. The molecule has 120 valence electrons. The average molecular weight is 349 g/mol. The number of hydrogen-bond acceptors (Lipinski definition) is 3. The van der Waals surface area contributed by atoms with Crippen LogP contribution >= 0.6 is 22.9 Å². The number of amides is 1. The number of hydrogen-bond donors (Lipinski definition) is 0. The molecule has 0 saturated heterocycles. The second kappa shape index (κ2) is 5.94. The maximum atomic E-state index is 12.4. The maximum absolute atomic E-state index is 12.4. The average Bonchev–Trinajstić information content (AvgIpc) is 3.10. The van der Waals surface area contributed by atoms with Gasteiger partial charge in [-0.2, -0.15) is 10.1 Å². The summed E-state index contributed by atoms with van der Waals surface area (Å²) in [5.41, 5.74) is 2.34. The van der Waals surface area contributed by atoms with Gasteiger partial charge in [0, 0.05) is 24.3 Å². The van der Waals surface area contributed by atoms with Gasteiger partial charge in [-0.05, 0) is 44.5 Å². The molecule has 7 heteroatoms. The number of carbonyl (C=O) groups excluding carboxylic acids is 1. The van der Waals surface area contributed by atoms with Gasteiger partial charge in [0.25, 0.3) is 5.91 Å². The largest absolute Gasteiger partial charge is 0.319 e. The molecule has 0 unspecified atom stereocenters. The lowest BCUT2D eigenvalue weighted by Crippen LogP contribution is -2.14. The van der Waals surface area contributed by atoms with Crippen molar-refractivity contribution < 1.29 is 4.79 Å². The van der Waals surface area contributed by atoms with E-state index in [1.54, 1.807) is 16.9 Å². The van der Waals surface area contributed by atoms with Crippen molar-refractivity contribution in [3.05, 3.63) is 45.5 Å². The Hall–Kier alpha value is -1.92. The van der Waals surface area contributed by atoms with E-state index in [1.165, 1.54) is 11.3 Å². The molecule has 5 nitrogen and oxygen atoms in total. The lowest BCUT2D eigenvalue weighted by molar-refractivity contribution is 0.0992. The van der Waals surface area contributed by atoms with Crippen molar-refractivity contribution in [2.45, 2.75) is 26.8 Å². The molecule has 1 amide bonds. The van der Waals surface area contributed by atoms with Crippen molar-refractivity contribution >= 4 is 39.1 Å². The monoisotopic (exact) mass is 348 g/mol. The van der Waals surface area contributed by atoms with Gasteiger partial charge in [0.15, 0.2) is 10.5 Å². The van der Waals surface area contributed by atoms with E-state index in [4.69, 9.17) is 11.6 Å². The van der Waals surface area contributed by atoms with Crippen LogP contribution in [0.1, 0.15) is 35.9 Å². The highest BCUT2D eigenvalue weighted by molar-refractivity contribution is 7.16. The zero-order valence-corrected chi connectivity index (χ0v) is 14.9. The lowest BCUT2D eigenvalue weighted by atomic mass is 10.2. The van der Waals surface area contributed by atoms with E-state index < -0.39 is 0 Å². The molecule has 0 saturated carbocycles. The van der Waals surface area contributed by atoms with Gasteiger partial charge in [-0.1, -0.05) is 22.9 Å². The molecule has 3 rings (SSSR count). The van der Waals surface area contributed by atoms with E-state index in [9.17, 15) is 4.79 Å². The third-order valence-corrected chi connectivity index (χ3v) is 5.21. The van der Waals surface area contributed by atoms with Gasteiger partial charge in [-0.3, -0.25) is 9.48 Å². The fraction of sp³-hybridized carbons (Fsp3) is 0.312. The molecule has 23 heavy (non-hydrogen) atoms. The van der Waals surface area contributed by atoms with Gasteiger partial charge in [0.05, 0.1) is 10.2 Å². The third-order valence-electron chi connectivity index (χ3n) is 3.71. The van der Waals surface area contributed by atoms with Crippen LogP contribution in [0.4, 0.5) is 0 Å². The topological polar surface area (TPSA) is 52.2 Å². The number of halogens is 1. The summed E-state index contributed by atoms with van der Waals surface area (Å²) in [5.74, 6) is -0.338.